The predicted octanol–water partition coefficient (Wildman–Crippen LogP) is 1.92. The largest absolute Gasteiger partial charge is 0.493 e. The number of hydrogen-bond acceptors (Lipinski definition) is 8. The van der Waals surface area contributed by atoms with E-state index >= 15 is 0 Å². The fourth-order valence-corrected chi connectivity index (χ4v) is 6.96. The van der Waals surface area contributed by atoms with Gasteiger partial charge in [-0.05, 0) is 37.3 Å². The normalized spacial score (nSPS) is 30.9. The van der Waals surface area contributed by atoms with Gasteiger partial charge in [0.25, 0.3) is 0 Å². The molecule has 10 nitrogen and oxygen atoms in total. The Balaban J connectivity index is 1.96. The Kier molecular flexibility index (Phi) is 5.28. The maximum absolute atomic E-state index is 14.4. The zero-order chi connectivity index (χ0) is 25.2. The van der Waals surface area contributed by atoms with Crippen molar-refractivity contribution in [2.75, 3.05) is 46.4 Å². The number of fused-ring (bicyclic) bond motifs is 5. The summed E-state index contributed by atoms with van der Waals surface area (Å²) in [6.07, 6.45) is 2.75. The molecule has 2 saturated heterocycles. The molecule has 2 unspecified atom stereocenters. The Morgan fingerprint density at radius 2 is 1.83 bits per heavy atom. The SMILES string of the molecule is COC(=O)N1c2c(ccc(OC)c2OC)C23CCN(CCCC4=CC[C@]12C(O)(C(=O)OC)C4)C3=O. The lowest BCUT2D eigenvalue weighted by Gasteiger charge is -2.55. The number of hydrogen-bond donors (Lipinski definition) is 1. The van der Waals surface area contributed by atoms with E-state index in [1.165, 1.54) is 33.3 Å². The Hall–Kier alpha value is -3.27. The summed E-state index contributed by atoms with van der Waals surface area (Å²) in [6, 6.07) is 3.41. The molecule has 0 aromatic heterocycles. The van der Waals surface area contributed by atoms with E-state index in [2.05, 4.69) is 0 Å². The summed E-state index contributed by atoms with van der Waals surface area (Å²) in [5, 5.41) is 12.4. The number of ether oxygens (including phenoxy) is 4. The highest BCUT2D eigenvalue weighted by Gasteiger charge is 2.80. The van der Waals surface area contributed by atoms with Gasteiger partial charge in [-0.2, -0.15) is 0 Å². The van der Waals surface area contributed by atoms with Gasteiger partial charge in [-0.3, -0.25) is 9.69 Å². The number of benzene rings is 1. The monoisotopic (exact) mass is 486 g/mol. The molecule has 4 aliphatic heterocycles. The molecule has 5 aliphatic rings. The van der Waals surface area contributed by atoms with Crippen LogP contribution in [0, 0.1) is 0 Å². The van der Waals surface area contributed by atoms with Crippen molar-refractivity contribution >= 4 is 23.7 Å². The van der Waals surface area contributed by atoms with Gasteiger partial charge >= 0.3 is 12.1 Å². The first-order valence-corrected chi connectivity index (χ1v) is 11.7. The molecule has 4 bridgehead atoms. The van der Waals surface area contributed by atoms with Crippen LogP contribution in [0.4, 0.5) is 10.5 Å². The summed E-state index contributed by atoms with van der Waals surface area (Å²) in [6.45, 7) is 0.974. The Bertz CT molecular complexity index is 1150. The first-order chi connectivity index (χ1) is 16.8. The van der Waals surface area contributed by atoms with E-state index in [1.807, 2.05) is 6.08 Å². The van der Waals surface area contributed by atoms with Crippen LogP contribution < -0.4 is 14.4 Å². The standard InChI is InChI=1S/C25H30N2O8/c1-32-17-8-7-16-18(19(17)33-2)27(22(30)35-4)25-10-9-15(14-24(25,31)21(29)34-3)6-5-12-26-13-11-23(16,25)20(26)28/h7-9,31H,5-6,10-14H2,1-4H3/t23?,24?,25-/m0/s1. The average molecular weight is 487 g/mol. The third-order valence-electron chi connectivity index (χ3n) is 8.36. The summed E-state index contributed by atoms with van der Waals surface area (Å²) in [5.41, 5.74) is -3.76. The van der Waals surface area contributed by atoms with Crippen LogP contribution in [0.15, 0.2) is 23.8 Å². The summed E-state index contributed by atoms with van der Waals surface area (Å²) in [7, 11) is 5.33. The van der Waals surface area contributed by atoms with Gasteiger partial charge in [0.2, 0.25) is 5.91 Å². The van der Waals surface area contributed by atoms with Gasteiger partial charge in [-0.15, -0.1) is 0 Å². The second-order valence-electron chi connectivity index (χ2n) is 9.51. The molecule has 0 saturated carbocycles. The summed E-state index contributed by atoms with van der Waals surface area (Å²) < 4.78 is 21.6. The number of rotatable bonds is 3. The molecule has 6 rings (SSSR count). The van der Waals surface area contributed by atoms with Crippen LogP contribution >= 0.6 is 0 Å². The molecule has 2 fully saturated rings. The fourth-order valence-electron chi connectivity index (χ4n) is 6.96. The van der Waals surface area contributed by atoms with Gasteiger partial charge < -0.3 is 29.0 Å². The fraction of sp³-hybridized carbons (Fsp3) is 0.560. The molecule has 0 radical (unpaired) electrons. The summed E-state index contributed by atoms with van der Waals surface area (Å²) >= 11 is 0. The number of nitrogens with zero attached hydrogens (tertiary/aromatic N) is 2. The van der Waals surface area contributed by atoms with Gasteiger partial charge in [0.05, 0.1) is 34.1 Å². The maximum atomic E-state index is 14.4. The molecule has 10 heteroatoms. The van der Waals surface area contributed by atoms with Crippen LogP contribution in [-0.4, -0.2) is 80.6 Å². The van der Waals surface area contributed by atoms with E-state index in [-0.39, 0.29) is 30.2 Å². The number of anilines is 1. The van der Waals surface area contributed by atoms with E-state index in [0.717, 1.165) is 5.57 Å². The lowest BCUT2D eigenvalue weighted by molar-refractivity contribution is -0.177. The molecular weight excluding hydrogens is 456 g/mol. The summed E-state index contributed by atoms with van der Waals surface area (Å²) in [5.74, 6) is -0.581. The second kappa shape index (κ2) is 7.87. The van der Waals surface area contributed by atoms with Crippen LogP contribution in [0.2, 0.25) is 0 Å². The van der Waals surface area contributed by atoms with Crippen molar-refractivity contribution in [3.63, 3.8) is 0 Å². The molecule has 188 valence electrons. The molecule has 1 aromatic rings. The number of esters is 1. The molecule has 2 amide bonds. The third kappa shape index (κ3) is 2.60. The topological polar surface area (TPSA) is 115 Å². The van der Waals surface area contributed by atoms with Crippen LogP contribution in [0.5, 0.6) is 11.5 Å². The van der Waals surface area contributed by atoms with E-state index in [1.54, 1.807) is 17.0 Å². The average Bonchev–Trinajstić information content (AvgIpc) is 3.32. The number of carbonyl (C=O) groups excluding carboxylic acids is 3. The number of methoxy groups -OCH3 is 4. The van der Waals surface area contributed by atoms with Crippen LogP contribution in [0.1, 0.15) is 37.7 Å². The van der Waals surface area contributed by atoms with Crippen molar-refractivity contribution in [3.8, 4) is 11.5 Å². The molecule has 3 atom stereocenters. The molecule has 1 aromatic carbocycles. The van der Waals surface area contributed by atoms with Gasteiger partial charge in [0.15, 0.2) is 17.1 Å². The molecule has 4 heterocycles. The minimum atomic E-state index is -2.22. The van der Waals surface area contributed by atoms with Crippen LogP contribution in [0.25, 0.3) is 0 Å². The molecule has 2 spiro atoms. The van der Waals surface area contributed by atoms with Crippen LogP contribution in [0.3, 0.4) is 0 Å². The highest BCUT2D eigenvalue weighted by atomic mass is 16.6. The number of aliphatic hydroxyl groups is 1. The van der Waals surface area contributed by atoms with Crippen molar-refractivity contribution in [2.45, 2.75) is 48.7 Å². The van der Waals surface area contributed by atoms with Gasteiger partial charge in [0, 0.05) is 19.5 Å². The lowest BCUT2D eigenvalue weighted by Crippen LogP contribution is -2.77. The maximum Gasteiger partial charge on any atom is 0.414 e. The van der Waals surface area contributed by atoms with E-state index < -0.39 is 28.6 Å². The van der Waals surface area contributed by atoms with Crippen molar-refractivity contribution < 1.29 is 38.4 Å². The number of amides is 2. The van der Waals surface area contributed by atoms with Crippen molar-refractivity contribution in [3.05, 3.63) is 29.3 Å². The predicted molar refractivity (Wildman–Crippen MR) is 124 cm³/mol. The highest BCUT2D eigenvalue weighted by Crippen LogP contribution is 2.67. The van der Waals surface area contributed by atoms with Crippen molar-refractivity contribution in [1.29, 1.82) is 0 Å². The Morgan fingerprint density at radius 3 is 2.49 bits per heavy atom. The second-order valence-corrected chi connectivity index (χ2v) is 9.51. The lowest BCUT2D eigenvalue weighted by atomic mass is 9.54. The van der Waals surface area contributed by atoms with E-state index in [0.29, 0.717) is 43.7 Å². The molecular formula is C25H30N2O8. The van der Waals surface area contributed by atoms with Crippen molar-refractivity contribution in [2.24, 2.45) is 0 Å². The van der Waals surface area contributed by atoms with Crippen molar-refractivity contribution in [1.82, 2.24) is 4.90 Å². The van der Waals surface area contributed by atoms with Gasteiger partial charge in [-0.1, -0.05) is 17.7 Å². The summed E-state index contributed by atoms with van der Waals surface area (Å²) in [4.78, 5) is 44.5. The molecule has 1 aliphatic carbocycles. The van der Waals surface area contributed by atoms with E-state index in [4.69, 9.17) is 18.9 Å². The highest BCUT2D eigenvalue weighted by molar-refractivity contribution is 6.08. The zero-order valence-electron chi connectivity index (χ0n) is 20.4. The quantitative estimate of drug-likeness (QED) is 0.509. The minimum Gasteiger partial charge on any atom is -0.493 e. The smallest absolute Gasteiger partial charge is 0.414 e. The van der Waals surface area contributed by atoms with E-state index in [9.17, 15) is 19.5 Å². The van der Waals surface area contributed by atoms with Gasteiger partial charge in [0.1, 0.15) is 11.0 Å². The number of carbonyl (C=O) groups is 3. The molecule has 1 N–H and O–H groups in total. The third-order valence-corrected chi connectivity index (χ3v) is 8.36. The molecule has 35 heavy (non-hydrogen) atoms. The first kappa shape index (κ1) is 23.5. The first-order valence-electron chi connectivity index (χ1n) is 11.7. The van der Waals surface area contributed by atoms with Gasteiger partial charge in [-0.25, -0.2) is 9.59 Å². The minimum absolute atomic E-state index is 0.0583. The van der Waals surface area contributed by atoms with Crippen LogP contribution in [-0.2, 0) is 24.5 Å². The Morgan fingerprint density at radius 1 is 1.06 bits per heavy atom. The zero-order valence-corrected chi connectivity index (χ0v) is 20.4. The Labute approximate surface area is 203 Å².